The van der Waals surface area contributed by atoms with Crippen molar-refractivity contribution in [3.05, 3.63) is 39.8 Å². The predicted molar refractivity (Wildman–Crippen MR) is 59.3 cm³/mol. The number of rotatable bonds is 3. The van der Waals surface area contributed by atoms with Crippen LogP contribution in [-0.2, 0) is 0 Å². The standard InChI is InChI=1S/C11H9N3O2/c1-16-11-5-4-9(10(7-11)8-15)3-2-6-13-14-12/h4-5,7-8H,6H2,1H3. The van der Waals surface area contributed by atoms with E-state index in [0.717, 1.165) is 0 Å². The van der Waals surface area contributed by atoms with Gasteiger partial charge in [-0.3, -0.25) is 4.79 Å². The molecule has 0 unspecified atom stereocenters. The molecule has 0 fully saturated rings. The second-order valence-corrected chi connectivity index (χ2v) is 2.76. The molecule has 0 radical (unpaired) electrons. The normalized spacial score (nSPS) is 8.31. The van der Waals surface area contributed by atoms with Gasteiger partial charge in [0, 0.05) is 16.0 Å². The minimum atomic E-state index is 0.0842. The molecule has 0 N–H and O–H groups in total. The lowest BCUT2D eigenvalue weighted by atomic mass is 10.1. The fourth-order valence-corrected chi connectivity index (χ4v) is 1.08. The van der Waals surface area contributed by atoms with Crippen molar-refractivity contribution in [3.63, 3.8) is 0 Å². The Hall–Kier alpha value is -2.44. The molecule has 5 heteroatoms. The summed E-state index contributed by atoms with van der Waals surface area (Å²) in [6, 6.07) is 5.00. The van der Waals surface area contributed by atoms with E-state index in [1.165, 1.54) is 7.11 Å². The Labute approximate surface area is 92.7 Å². The van der Waals surface area contributed by atoms with Crippen molar-refractivity contribution in [3.8, 4) is 17.6 Å². The molecule has 80 valence electrons. The molecule has 0 spiro atoms. The Morgan fingerprint density at radius 2 is 2.44 bits per heavy atom. The number of hydrogen-bond acceptors (Lipinski definition) is 3. The Kier molecular flexibility index (Phi) is 4.45. The van der Waals surface area contributed by atoms with Gasteiger partial charge in [0.25, 0.3) is 0 Å². The van der Waals surface area contributed by atoms with Gasteiger partial charge in [0.15, 0.2) is 6.29 Å². The van der Waals surface area contributed by atoms with Crippen molar-refractivity contribution in [2.24, 2.45) is 5.11 Å². The quantitative estimate of drug-likeness (QED) is 0.255. The van der Waals surface area contributed by atoms with Crippen molar-refractivity contribution < 1.29 is 9.53 Å². The number of azide groups is 1. The summed E-state index contributed by atoms with van der Waals surface area (Å²) < 4.78 is 4.98. The van der Waals surface area contributed by atoms with Crippen LogP contribution < -0.4 is 4.74 Å². The zero-order valence-electron chi connectivity index (χ0n) is 8.67. The number of carbonyl (C=O) groups excluding carboxylic acids is 1. The summed E-state index contributed by atoms with van der Waals surface area (Å²) in [6.45, 7) is 0.0842. The second kappa shape index (κ2) is 6.12. The van der Waals surface area contributed by atoms with Gasteiger partial charge in [-0.05, 0) is 23.7 Å². The van der Waals surface area contributed by atoms with E-state index in [0.29, 0.717) is 23.2 Å². The van der Waals surface area contributed by atoms with E-state index >= 15 is 0 Å². The first-order chi connectivity index (χ1) is 7.81. The third kappa shape index (κ3) is 3.05. The van der Waals surface area contributed by atoms with Crippen LogP contribution in [0.5, 0.6) is 5.75 Å². The third-order valence-electron chi connectivity index (χ3n) is 1.82. The monoisotopic (exact) mass is 215 g/mol. The van der Waals surface area contributed by atoms with Gasteiger partial charge in [0.1, 0.15) is 5.75 Å². The highest BCUT2D eigenvalue weighted by Crippen LogP contribution is 2.15. The van der Waals surface area contributed by atoms with Crippen LogP contribution in [0.2, 0.25) is 0 Å². The summed E-state index contributed by atoms with van der Waals surface area (Å²) in [4.78, 5) is 13.3. The molecule has 0 aliphatic rings. The number of methoxy groups -OCH3 is 1. The number of carbonyl (C=O) groups is 1. The van der Waals surface area contributed by atoms with Crippen LogP contribution in [0, 0.1) is 11.8 Å². The first-order valence-corrected chi connectivity index (χ1v) is 4.44. The molecule has 0 atom stereocenters. The minimum Gasteiger partial charge on any atom is -0.497 e. The van der Waals surface area contributed by atoms with E-state index in [1.54, 1.807) is 18.2 Å². The first kappa shape index (κ1) is 11.6. The van der Waals surface area contributed by atoms with E-state index in [4.69, 9.17) is 10.3 Å². The summed E-state index contributed by atoms with van der Waals surface area (Å²) >= 11 is 0. The topological polar surface area (TPSA) is 75.1 Å². The lowest BCUT2D eigenvalue weighted by molar-refractivity contribution is 0.112. The number of hydrogen-bond donors (Lipinski definition) is 0. The molecule has 1 aromatic rings. The lowest BCUT2D eigenvalue weighted by Crippen LogP contribution is -1.90. The molecule has 1 aromatic carbocycles. The molecule has 0 amide bonds. The molecule has 1 rings (SSSR count). The molecule has 0 aliphatic heterocycles. The largest absolute Gasteiger partial charge is 0.497 e. The maximum absolute atomic E-state index is 10.8. The SMILES string of the molecule is COc1ccc(C#CCN=[N+]=[N-])c(C=O)c1. The first-order valence-electron chi connectivity index (χ1n) is 4.44. The Morgan fingerprint density at radius 1 is 1.62 bits per heavy atom. The van der Waals surface area contributed by atoms with Crippen molar-refractivity contribution in [1.29, 1.82) is 0 Å². The van der Waals surface area contributed by atoms with Crippen LogP contribution in [0.1, 0.15) is 15.9 Å². The third-order valence-corrected chi connectivity index (χ3v) is 1.82. The molecule has 0 saturated carbocycles. The summed E-state index contributed by atoms with van der Waals surface area (Å²) in [6.07, 6.45) is 0.708. The van der Waals surface area contributed by atoms with Gasteiger partial charge in [-0.2, -0.15) is 0 Å². The molecule has 0 aromatic heterocycles. The summed E-state index contributed by atoms with van der Waals surface area (Å²) in [5.74, 6) is 5.99. The fraction of sp³-hybridized carbons (Fsp3) is 0.182. The van der Waals surface area contributed by atoms with Crippen LogP contribution in [0.15, 0.2) is 23.3 Å². The number of aldehydes is 1. The van der Waals surface area contributed by atoms with E-state index in [9.17, 15) is 4.79 Å². The minimum absolute atomic E-state index is 0.0842. The van der Waals surface area contributed by atoms with Crippen molar-refractivity contribution in [1.82, 2.24) is 0 Å². The van der Waals surface area contributed by atoms with Gasteiger partial charge in [-0.1, -0.05) is 17.0 Å². The highest BCUT2D eigenvalue weighted by Gasteiger charge is 2.00. The van der Waals surface area contributed by atoms with Crippen molar-refractivity contribution >= 4 is 6.29 Å². The van der Waals surface area contributed by atoms with Gasteiger partial charge < -0.3 is 4.74 Å². The van der Waals surface area contributed by atoms with Gasteiger partial charge in [-0.25, -0.2) is 0 Å². The van der Waals surface area contributed by atoms with E-state index < -0.39 is 0 Å². The number of benzene rings is 1. The van der Waals surface area contributed by atoms with Gasteiger partial charge in [0.05, 0.1) is 13.7 Å². The van der Waals surface area contributed by atoms with E-state index in [-0.39, 0.29) is 6.54 Å². The summed E-state index contributed by atoms with van der Waals surface area (Å²) in [5.41, 5.74) is 9.09. The van der Waals surface area contributed by atoms with Crippen LogP contribution in [0.4, 0.5) is 0 Å². The van der Waals surface area contributed by atoms with Crippen LogP contribution in [-0.4, -0.2) is 19.9 Å². The molecule has 5 nitrogen and oxygen atoms in total. The van der Waals surface area contributed by atoms with Gasteiger partial charge in [0.2, 0.25) is 0 Å². The Bertz CT molecular complexity index is 494. The fourth-order valence-electron chi connectivity index (χ4n) is 1.08. The zero-order valence-corrected chi connectivity index (χ0v) is 8.67. The average molecular weight is 215 g/mol. The van der Waals surface area contributed by atoms with Gasteiger partial charge in [-0.15, -0.1) is 0 Å². The molecule has 0 saturated heterocycles. The molecular weight excluding hydrogens is 206 g/mol. The molecular formula is C11H9N3O2. The highest BCUT2D eigenvalue weighted by molar-refractivity contribution is 5.80. The van der Waals surface area contributed by atoms with Crippen LogP contribution in [0.25, 0.3) is 10.4 Å². The molecule has 0 bridgehead atoms. The second-order valence-electron chi connectivity index (χ2n) is 2.76. The van der Waals surface area contributed by atoms with Gasteiger partial charge >= 0.3 is 0 Å². The maximum Gasteiger partial charge on any atom is 0.151 e. The van der Waals surface area contributed by atoms with Crippen LogP contribution in [0.3, 0.4) is 0 Å². The van der Waals surface area contributed by atoms with Crippen molar-refractivity contribution in [2.75, 3.05) is 13.7 Å². The maximum atomic E-state index is 10.8. The van der Waals surface area contributed by atoms with E-state index in [1.807, 2.05) is 0 Å². The van der Waals surface area contributed by atoms with Crippen molar-refractivity contribution in [2.45, 2.75) is 0 Å². The smallest absolute Gasteiger partial charge is 0.151 e. The Morgan fingerprint density at radius 3 is 3.06 bits per heavy atom. The number of nitrogens with zero attached hydrogens (tertiary/aromatic N) is 3. The van der Waals surface area contributed by atoms with E-state index in [2.05, 4.69) is 21.9 Å². The average Bonchev–Trinajstić information content (AvgIpc) is 2.34. The number of ether oxygens (including phenoxy) is 1. The Balaban J connectivity index is 2.98. The molecule has 0 aliphatic carbocycles. The lowest BCUT2D eigenvalue weighted by Gasteiger charge is -2.01. The summed E-state index contributed by atoms with van der Waals surface area (Å²) in [5, 5.41) is 3.27. The highest BCUT2D eigenvalue weighted by atomic mass is 16.5. The zero-order chi connectivity index (χ0) is 11.8. The molecule has 0 heterocycles. The summed E-state index contributed by atoms with van der Waals surface area (Å²) in [7, 11) is 1.52. The van der Waals surface area contributed by atoms with Crippen LogP contribution >= 0.6 is 0 Å². The predicted octanol–water partition coefficient (Wildman–Crippen LogP) is 2.17. The molecule has 16 heavy (non-hydrogen) atoms.